The van der Waals surface area contributed by atoms with Gasteiger partial charge in [0.1, 0.15) is 12.2 Å². The van der Waals surface area contributed by atoms with Gasteiger partial charge in [-0.2, -0.15) is 0 Å². The summed E-state index contributed by atoms with van der Waals surface area (Å²) < 4.78 is 12.3. The molecule has 140 valence electrons. The van der Waals surface area contributed by atoms with E-state index in [2.05, 4.69) is 34.7 Å². The molecule has 0 bridgehead atoms. The molecule has 1 aromatic carbocycles. The summed E-state index contributed by atoms with van der Waals surface area (Å²) in [6.07, 6.45) is 0. The molecule has 0 amide bonds. The lowest BCUT2D eigenvalue weighted by molar-refractivity contribution is -0.912. The molecular weight excluding hydrogens is 429 g/mol. The zero-order valence-electron chi connectivity index (χ0n) is 16.2. The molecule has 5 heteroatoms. The maximum absolute atomic E-state index is 12.5. The minimum atomic E-state index is -0.376. The van der Waals surface area contributed by atoms with Crippen molar-refractivity contribution in [3.05, 3.63) is 35.6 Å². The van der Waals surface area contributed by atoms with Crippen LogP contribution in [0.25, 0.3) is 11.0 Å². The summed E-state index contributed by atoms with van der Waals surface area (Å²) in [7, 11) is 2.24. The Hall–Kier alpha value is -1.08. The highest BCUT2D eigenvalue weighted by molar-refractivity contribution is 5.95. The molecule has 0 aliphatic carbocycles. The van der Waals surface area contributed by atoms with Crippen LogP contribution in [-0.4, -0.2) is 43.7 Å². The normalized spacial score (nSPS) is 12.1. The number of rotatable bonds is 7. The number of esters is 1. The van der Waals surface area contributed by atoms with Gasteiger partial charge in [0, 0.05) is 16.4 Å². The molecule has 0 N–H and O–H groups in total. The van der Waals surface area contributed by atoms with Crippen LogP contribution >= 0.6 is 0 Å². The first-order chi connectivity index (χ1) is 11.2. The van der Waals surface area contributed by atoms with E-state index in [4.69, 9.17) is 9.15 Å². The number of benzene rings is 1. The lowest BCUT2D eigenvalue weighted by atomic mass is 9.93. The monoisotopic (exact) mass is 459 g/mol. The molecule has 0 fully saturated rings. The average molecular weight is 459 g/mol. The Morgan fingerprint density at radius 3 is 2.36 bits per heavy atom. The van der Waals surface area contributed by atoms with Gasteiger partial charge in [-0.15, -0.1) is 0 Å². The minimum Gasteiger partial charge on any atom is -1.00 e. The van der Waals surface area contributed by atoms with Gasteiger partial charge in [0.25, 0.3) is 0 Å². The van der Waals surface area contributed by atoms with E-state index in [1.165, 1.54) is 0 Å². The summed E-state index contributed by atoms with van der Waals surface area (Å²) in [6, 6.07) is 7.67. The van der Waals surface area contributed by atoms with Crippen LogP contribution in [0.5, 0.6) is 0 Å². The van der Waals surface area contributed by atoms with Crippen LogP contribution in [0, 0.1) is 12.3 Å². The highest BCUT2D eigenvalue weighted by atomic mass is 127. The fraction of sp³-hybridized carbons (Fsp3) is 0.550. The summed E-state index contributed by atoms with van der Waals surface area (Å²) in [5.74, 6) is -0.0609. The number of aryl methyl sites for hydroxylation is 1. The molecule has 0 spiro atoms. The molecule has 1 aromatic heterocycles. The molecule has 0 aliphatic rings. The maximum atomic E-state index is 12.5. The van der Waals surface area contributed by atoms with Crippen molar-refractivity contribution in [2.24, 2.45) is 5.41 Å². The highest BCUT2D eigenvalue weighted by Gasteiger charge is 2.31. The van der Waals surface area contributed by atoms with E-state index in [1.54, 1.807) is 0 Å². The van der Waals surface area contributed by atoms with E-state index in [0.717, 1.165) is 40.6 Å². The molecule has 0 unspecified atom stereocenters. The van der Waals surface area contributed by atoms with Gasteiger partial charge in [0.15, 0.2) is 0 Å². The summed E-state index contributed by atoms with van der Waals surface area (Å²) in [5, 5.41) is 0.963. The number of furan rings is 1. The smallest absolute Gasteiger partial charge is 0.374 e. The van der Waals surface area contributed by atoms with Gasteiger partial charge >= 0.3 is 5.97 Å². The predicted molar refractivity (Wildman–Crippen MR) is 97.1 cm³/mol. The zero-order chi connectivity index (χ0) is 18.0. The van der Waals surface area contributed by atoms with Crippen molar-refractivity contribution in [2.45, 2.75) is 34.6 Å². The van der Waals surface area contributed by atoms with Crippen molar-refractivity contribution in [1.29, 1.82) is 0 Å². The molecule has 1 heterocycles. The number of hydrogen-bond acceptors (Lipinski definition) is 3. The zero-order valence-corrected chi connectivity index (χ0v) is 18.3. The lowest BCUT2D eigenvalue weighted by Crippen LogP contribution is -3.00. The van der Waals surface area contributed by atoms with E-state index in [-0.39, 0.29) is 35.4 Å². The third-order valence-corrected chi connectivity index (χ3v) is 4.96. The van der Waals surface area contributed by atoms with Crippen molar-refractivity contribution >= 4 is 16.9 Å². The van der Waals surface area contributed by atoms with Gasteiger partial charge in [-0.05, 0) is 26.8 Å². The first-order valence-electron chi connectivity index (χ1n) is 8.70. The molecule has 2 rings (SSSR count). The molecular formula is C20H30INO3. The first kappa shape index (κ1) is 22.0. The molecule has 2 aromatic rings. The van der Waals surface area contributed by atoms with Crippen LogP contribution in [0.3, 0.4) is 0 Å². The number of fused-ring (bicyclic) bond motifs is 1. The Labute approximate surface area is 168 Å². The van der Waals surface area contributed by atoms with Crippen molar-refractivity contribution in [3.63, 3.8) is 0 Å². The van der Waals surface area contributed by atoms with E-state index in [1.807, 2.05) is 31.2 Å². The van der Waals surface area contributed by atoms with Crippen molar-refractivity contribution < 1.29 is 42.4 Å². The molecule has 0 aliphatic heterocycles. The van der Waals surface area contributed by atoms with Gasteiger partial charge in [-0.25, -0.2) is 4.79 Å². The topological polar surface area (TPSA) is 39.4 Å². The van der Waals surface area contributed by atoms with Gasteiger partial charge in [0.05, 0.1) is 26.7 Å². The van der Waals surface area contributed by atoms with Gasteiger partial charge in [-0.1, -0.05) is 32.0 Å². The third kappa shape index (κ3) is 5.20. The van der Waals surface area contributed by atoms with E-state index in [0.29, 0.717) is 12.4 Å². The summed E-state index contributed by atoms with van der Waals surface area (Å²) in [4.78, 5) is 12.5. The fourth-order valence-corrected chi connectivity index (χ4v) is 3.22. The Kier molecular flexibility index (Phi) is 7.50. The number of carbonyl (C=O) groups excluding carboxylic acids is 1. The van der Waals surface area contributed by atoms with Gasteiger partial charge < -0.3 is 37.6 Å². The summed E-state index contributed by atoms with van der Waals surface area (Å²) in [6.45, 7) is 14.1. The average Bonchev–Trinajstić information content (AvgIpc) is 2.90. The van der Waals surface area contributed by atoms with Gasteiger partial charge in [0.2, 0.25) is 5.76 Å². The fourth-order valence-electron chi connectivity index (χ4n) is 3.22. The summed E-state index contributed by atoms with van der Waals surface area (Å²) in [5.41, 5.74) is 1.48. The highest BCUT2D eigenvalue weighted by Crippen LogP contribution is 2.27. The molecule has 0 radical (unpaired) electrons. The molecule has 0 saturated heterocycles. The van der Waals surface area contributed by atoms with Crippen molar-refractivity contribution in [3.8, 4) is 0 Å². The molecule has 0 saturated carbocycles. The Morgan fingerprint density at radius 1 is 1.20 bits per heavy atom. The largest absolute Gasteiger partial charge is 1.00 e. The van der Waals surface area contributed by atoms with Crippen LogP contribution < -0.4 is 24.0 Å². The third-order valence-electron chi connectivity index (χ3n) is 4.96. The maximum Gasteiger partial charge on any atom is 0.374 e. The Bertz CT molecular complexity index is 717. The number of halogens is 1. The number of hydrogen-bond donors (Lipinski definition) is 0. The van der Waals surface area contributed by atoms with Crippen molar-refractivity contribution in [2.75, 3.05) is 33.3 Å². The van der Waals surface area contributed by atoms with Crippen LogP contribution in [0.1, 0.15) is 43.8 Å². The second-order valence-corrected chi connectivity index (χ2v) is 7.70. The first-order valence-corrected chi connectivity index (χ1v) is 8.70. The number of quaternary nitrogens is 1. The van der Waals surface area contributed by atoms with E-state index < -0.39 is 0 Å². The number of ether oxygens (including phenoxy) is 1. The van der Waals surface area contributed by atoms with Crippen molar-refractivity contribution in [1.82, 2.24) is 0 Å². The lowest BCUT2D eigenvalue weighted by Gasteiger charge is -2.38. The quantitative estimate of drug-likeness (QED) is 0.357. The van der Waals surface area contributed by atoms with Crippen LogP contribution in [-0.2, 0) is 4.74 Å². The molecule has 25 heavy (non-hydrogen) atoms. The predicted octanol–water partition coefficient (Wildman–Crippen LogP) is 1.41. The number of carbonyl (C=O) groups is 1. The molecule has 4 nitrogen and oxygen atoms in total. The van der Waals surface area contributed by atoms with E-state index in [9.17, 15) is 4.79 Å². The Balaban J connectivity index is 0.00000312. The number of para-hydroxylation sites is 1. The van der Waals surface area contributed by atoms with Crippen LogP contribution in [0.4, 0.5) is 0 Å². The standard InChI is InChI=1S/C20H30NO3.HI/c1-7-21(6,8-2)13-20(4,5)14-23-19(22)18-15(3)16-11-9-10-12-17(16)24-18;/h9-12H,7-8,13-14H2,1-6H3;1H/q+1;/p-1. The number of nitrogens with zero attached hydrogens (tertiary/aromatic N) is 1. The summed E-state index contributed by atoms with van der Waals surface area (Å²) >= 11 is 0. The molecule has 0 atom stereocenters. The van der Waals surface area contributed by atoms with Crippen LogP contribution in [0.15, 0.2) is 28.7 Å². The van der Waals surface area contributed by atoms with Gasteiger partial charge in [-0.3, -0.25) is 0 Å². The van der Waals surface area contributed by atoms with Crippen LogP contribution in [0.2, 0.25) is 0 Å². The SMILES string of the molecule is CC[N+](C)(CC)CC(C)(C)COC(=O)c1oc2ccccc2c1C.[I-]. The minimum absolute atomic E-state index is 0. The Morgan fingerprint density at radius 2 is 1.80 bits per heavy atom. The second-order valence-electron chi connectivity index (χ2n) is 7.70. The second kappa shape index (κ2) is 8.54. The van der Waals surface area contributed by atoms with E-state index >= 15 is 0 Å².